The van der Waals surface area contributed by atoms with E-state index in [1.54, 1.807) is 0 Å². The van der Waals surface area contributed by atoms with Gasteiger partial charge in [0.1, 0.15) is 11.4 Å². The summed E-state index contributed by atoms with van der Waals surface area (Å²) < 4.78 is 0. The minimum Gasteiger partial charge on any atom is -0.288 e. The molecule has 8 heteroatoms. The van der Waals surface area contributed by atoms with Crippen LogP contribution in [0.2, 0.25) is 0 Å². The largest absolute Gasteiger partial charge is 0.288 e. The van der Waals surface area contributed by atoms with Crippen LogP contribution in [0.1, 0.15) is 66.7 Å². The summed E-state index contributed by atoms with van der Waals surface area (Å²) in [6.45, 7) is 7.69. The average Bonchev–Trinajstić information content (AvgIpc) is 2.95. The Balaban J connectivity index is 0.000000161. The van der Waals surface area contributed by atoms with Crippen molar-refractivity contribution in [3.8, 4) is 0 Å². The standard InChI is InChI=1S/2C16H13NO2S/c2*1-3-20-13-8-12(18)15-14(16(13)19)9(2)10-6-4-5-7-11(10)17-15/h2*4-8H,3H2,1-2H3. The molecule has 0 spiro atoms. The lowest BCUT2D eigenvalue weighted by atomic mass is 9.93. The summed E-state index contributed by atoms with van der Waals surface area (Å²) in [5, 5.41) is 1.85. The van der Waals surface area contributed by atoms with Gasteiger partial charge in [-0.3, -0.25) is 19.2 Å². The number of benzene rings is 2. The second-order valence-electron chi connectivity index (χ2n) is 9.23. The molecule has 0 fully saturated rings. The van der Waals surface area contributed by atoms with Gasteiger partial charge in [0.15, 0.2) is 0 Å². The number of nitrogens with zero attached hydrogens (tertiary/aromatic N) is 2. The van der Waals surface area contributed by atoms with E-state index in [1.807, 2.05) is 76.2 Å². The molecule has 4 aromatic rings. The van der Waals surface area contributed by atoms with Crippen LogP contribution in [0.4, 0.5) is 0 Å². The zero-order chi connectivity index (χ0) is 28.6. The molecule has 6 nitrogen and oxygen atoms in total. The Morgan fingerprint density at radius 2 is 0.975 bits per heavy atom. The lowest BCUT2D eigenvalue weighted by Crippen LogP contribution is -2.19. The van der Waals surface area contributed by atoms with E-state index in [-0.39, 0.29) is 34.5 Å². The van der Waals surface area contributed by atoms with Crippen LogP contribution >= 0.6 is 23.5 Å². The lowest BCUT2D eigenvalue weighted by Gasteiger charge is -2.17. The molecule has 0 saturated heterocycles. The lowest BCUT2D eigenvalue weighted by molar-refractivity contribution is 0.0987. The van der Waals surface area contributed by atoms with Crippen LogP contribution in [0.25, 0.3) is 21.8 Å². The van der Waals surface area contributed by atoms with E-state index < -0.39 is 0 Å². The third kappa shape index (κ3) is 4.82. The normalized spacial score (nSPS) is 14.4. The van der Waals surface area contributed by atoms with Crippen molar-refractivity contribution >= 4 is 68.5 Å². The van der Waals surface area contributed by atoms with Gasteiger partial charge in [0, 0.05) is 22.9 Å². The average molecular weight is 567 g/mol. The number of aryl methyl sites for hydroxylation is 2. The maximum atomic E-state index is 12.5. The smallest absolute Gasteiger partial charge is 0.206 e. The van der Waals surface area contributed by atoms with Gasteiger partial charge >= 0.3 is 0 Å². The molecule has 6 rings (SSSR count). The monoisotopic (exact) mass is 566 g/mol. The summed E-state index contributed by atoms with van der Waals surface area (Å²) in [5.41, 5.74) is 4.69. The van der Waals surface area contributed by atoms with Crippen LogP contribution in [-0.4, -0.2) is 44.6 Å². The van der Waals surface area contributed by atoms with Crippen LogP contribution in [0, 0.1) is 13.8 Å². The Morgan fingerprint density at radius 1 is 0.600 bits per heavy atom. The first-order valence-electron chi connectivity index (χ1n) is 12.9. The summed E-state index contributed by atoms with van der Waals surface area (Å²) in [5.74, 6) is 1.01. The van der Waals surface area contributed by atoms with Gasteiger partial charge in [-0.2, -0.15) is 0 Å². The quantitative estimate of drug-likeness (QED) is 0.258. The molecule has 2 aromatic heterocycles. The molecule has 2 heterocycles. The molecule has 0 atom stereocenters. The SMILES string of the molecule is CCSC1=CC(=O)c2nc3ccccc3c(C)c2C1=O.CCSC1=CC(=O)c2nc3ccccc3c(C)c2C1=O. The van der Waals surface area contributed by atoms with Crippen molar-refractivity contribution in [3.05, 3.63) is 104 Å². The van der Waals surface area contributed by atoms with Gasteiger partial charge in [-0.25, -0.2) is 9.97 Å². The van der Waals surface area contributed by atoms with Gasteiger partial charge in [0.2, 0.25) is 23.1 Å². The first-order chi connectivity index (χ1) is 19.3. The number of hydrogen-bond donors (Lipinski definition) is 0. The minimum atomic E-state index is -0.176. The molecule has 200 valence electrons. The Labute approximate surface area is 240 Å². The number of pyridine rings is 2. The number of carbonyl (C=O) groups excluding carboxylic acids is 4. The van der Waals surface area contributed by atoms with Crippen LogP contribution in [0.3, 0.4) is 0 Å². The molecule has 0 saturated carbocycles. The fourth-order valence-corrected chi connectivity index (χ4v) is 6.41. The highest BCUT2D eigenvalue weighted by molar-refractivity contribution is 8.04. The predicted octanol–water partition coefficient (Wildman–Crippen LogP) is 7.12. The highest BCUT2D eigenvalue weighted by atomic mass is 32.2. The molecule has 40 heavy (non-hydrogen) atoms. The third-order valence-electron chi connectivity index (χ3n) is 6.80. The van der Waals surface area contributed by atoms with Crippen molar-refractivity contribution in [3.63, 3.8) is 0 Å². The van der Waals surface area contributed by atoms with E-state index in [4.69, 9.17) is 0 Å². The van der Waals surface area contributed by atoms with E-state index in [9.17, 15) is 19.2 Å². The topological polar surface area (TPSA) is 94.1 Å². The van der Waals surface area contributed by atoms with Crippen molar-refractivity contribution < 1.29 is 19.2 Å². The number of hydrogen-bond acceptors (Lipinski definition) is 8. The van der Waals surface area contributed by atoms with Gasteiger partial charge in [-0.05, 0) is 48.6 Å². The molecule has 0 radical (unpaired) electrons. The van der Waals surface area contributed by atoms with Crippen molar-refractivity contribution in [2.24, 2.45) is 0 Å². The Kier molecular flexibility index (Phi) is 7.83. The number of Topliss-reactive ketones (excluding diaryl/α,β-unsaturated/α-hetero) is 2. The highest BCUT2D eigenvalue weighted by Gasteiger charge is 2.30. The number of fused-ring (bicyclic) bond motifs is 4. The third-order valence-corrected chi connectivity index (χ3v) is 8.60. The van der Waals surface area contributed by atoms with Gasteiger partial charge in [-0.1, -0.05) is 50.2 Å². The highest BCUT2D eigenvalue weighted by Crippen LogP contribution is 2.33. The van der Waals surface area contributed by atoms with E-state index >= 15 is 0 Å². The molecular formula is C32H26N2O4S2. The zero-order valence-corrected chi connectivity index (χ0v) is 24.2. The number of carbonyl (C=O) groups is 4. The Morgan fingerprint density at radius 3 is 1.35 bits per heavy atom. The molecule has 0 N–H and O–H groups in total. The number of thioether (sulfide) groups is 2. The van der Waals surface area contributed by atoms with E-state index in [0.717, 1.165) is 44.4 Å². The number of rotatable bonds is 4. The first-order valence-corrected chi connectivity index (χ1v) is 14.9. The number of allylic oxidation sites excluding steroid dienone is 4. The predicted molar refractivity (Wildman–Crippen MR) is 163 cm³/mol. The fraction of sp³-hybridized carbons (Fsp3) is 0.188. The van der Waals surface area contributed by atoms with Crippen LogP contribution < -0.4 is 0 Å². The minimum absolute atomic E-state index is 0.0813. The maximum absolute atomic E-state index is 12.5. The fourth-order valence-electron chi connectivity index (χ4n) is 4.94. The molecule has 0 unspecified atom stereocenters. The summed E-state index contributed by atoms with van der Waals surface area (Å²) in [7, 11) is 0. The van der Waals surface area contributed by atoms with Crippen LogP contribution in [-0.2, 0) is 0 Å². The molecule has 0 bridgehead atoms. The van der Waals surface area contributed by atoms with Gasteiger partial charge in [-0.15, -0.1) is 23.5 Å². The van der Waals surface area contributed by atoms with E-state index in [1.165, 1.54) is 35.7 Å². The summed E-state index contributed by atoms with van der Waals surface area (Å²) >= 11 is 2.81. The zero-order valence-electron chi connectivity index (χ0n) is 22.5. The molecular weight excluding hydrogens is 540 g/mol. The van der Waals surface area contributed by atoms with E-state index in [2.05, 4.69) is 9.97 Å². The van der Waals surface area contributed by atoms with Gasteiger partial charge in [0.05, 0.1) is 32.0 Å². The number of aromatic nitrogens is 2. The maximum Gasteiger partial charge on any atom is 0.206 e. The first kappa shape index (κ1) is 27.7. The number of para-hydroxylation sites is 2. The van der Waals surface area contributed by atoms with Crippen molar-refractivity contribution in [1.82, 2.24) is 9.97 Å². The molecule has 2 aromatic carbocycles. The van der Waals surface area contributed by atoms with E-state index in [0.29, 0.717) is 20.9 Å². The summed E-state index contributed by atoms with van der Waals surface area (Å²) in [4.78, 5) is 59.3. The molecule has 0 aliphatic heterocycles. The van der Waals surface area contributed by atoms with Crippen LogP contribution in [0.15, 0.2) is 70.5 Å². The molecule has 2 aliphatic carbocycles. The summed E-state index contributed by atoms with van der Waals surface area (Å²) in [6.07, 6.45) is 2.83. The number of ketones is 4. The molecule has 2 aliphatic rings. The Bertz CT molecular complexity index is 1690. The summed E-state index contributed by atoms with van der Waals surface area (Å²) in [6, 6.07) is 15.2. The Hall–Kier alpha value is -3.88. The molecule has 0 amide bonds. The van der Waals surface area contributed by atoms with Crippen molar-refractivity contribution in [2.45, 2.75) is 27.7 Å². The van der Waals surface area contributed by atoms with Crippen molar-refractivity contribution in [1.29, 1.82) is 0 Å². The second kappa shape index (κ2) is 11.3. The van der Waals surface area contributed by atoms with Crippen molar-refractivity contribution in [2.75, 3.05) is 11.5 Å². The van der Waals surface area contributed by atoms with Gasteiger partial charge < -0.3 is 0 Å². The second-order valence-corrected chi connectivity index (χ2v) is 11.8. The van der Waals surface area contributed by atoms with Gasteiger partial charge in [0.25, 0.3) is 0 Å². The van der Waals surface area contributed by atoms with Crippen LogP contribution in [0.5, 0.6) is 0 Å².